The van der Waals surface area contributed by atoms with Crippen molar-refractivity contribution in [2.45, 2.75) is 12.3 Å². The summed E-state index contributed by atoms with van der Waals surface area (Å²) in [6, 6.07) is 9.56. The molecule has 0 spiro atoms. The lowest BCUT2D eigenvalue weighted by molar-refractivity contribution is 0.101. The quantitative estimate of drug-likeness (QED) is 0.514. The highest BCUT2D eigenvalue weighted by molar-refractivity contribution is 7.14. The van der Waals surface area contributed by atoms with Crippen LogP contribution in [0.3, 0.4) is 0 Å². The van der Waals surface area contributed by atoms with E-state index in [4.69, 9.17) is 18.0 Å². The number of halogens is 3. The van der Waals surface area contributed by atoms with E-state index in [0.717, 1.165) is 23.0 Å². The van der Waals surface area contributed by atoms with E-state index in [1.807, 2.05) is 19.1 Å². The molecular weight excluding hydrogens is 466 g/mol. The van der Waals surface area contributed by atoms with E-state index >= 15 is 4.39 Å². The van der Waals surface area contributed by atoms with Gasteiger partial charge in [-0.1, -0.05) is 29.7 Å². The third-order valence-electron chi connectivity index (χ3n) is 5.70. The summed E-state index contributed by atoms with van der Waals surface area (Å²) in [6.07, 6.45) is 5.82. The Morgan fingerprint density at radius 3 is 2.61 bits per heavy atom. The predicted molar refractivity (Wildman–Crippen MR) is 128 cm³/mol. The normalized spacial score (nSPS) is 15.5. The van der Waals surface area contributed by atoms with Crippen molar-refractivity contribution in [2.24, 2.45) is 0 Å². The number of carbonyl (C=O) groups excluding carboxylic acids is 1. The minimum Gasteiger partial charge on any atom is -0.367 e. The van der Waals surface area contributed by atoms with Crippen LogP contribution in [0.1, 0.15) is 28.5 Å². The van der Waals surface area contributed by atoms with E-state index in [1.165, 1.54) is 6.07 Å². The molecule has 1 fully saturated rings. The lowest BCUT2D eigenvalue weighted by atomic mass is 9.81. The number of piperazine rings is 1. The van der Waals surface area contributed by atoms with Crippen LogP contribution in [0.2, 0.25) is 5.02 Å². The van der Waals surface area contributed by atoms with Gasteiger partial charge in [0.05, 0.1) is 16.8 Å². The summed E-state index contributed by atoms with van der Waals surface area (Å²) in [6.45, 7) is 4.32. The molecule has 1 saturated heterocycles. The van der Waals surface area contributed by atoms with E-state index < -0.39 is 28.5 Å². The molecule has 0 bridgehead atoms. The molecule has 1 atom stereocenters. The van der Waals surface area contributed by atoms with Gasteiger partial charge < -0.3 is 10.2 Å². The van der Waals surface area contributed by atoms with Gasteiger partial charge in [-0.3, -0.25) is 10.1 Å². The lowest BCUT2D eigenvalue weighted by Gasteiger charge is -2.30. The minimum atomic E-state index is -0.935. The molecule has 0 aliphatic carbocycles. The van der Waals surface area contributed by atoms with E-state index in [1.54, 1.807) is 22.4 Å². The maximum absolute atomic E-state index is 15.2. The molecule has 0 unspecified atom stereocenters. The Morgan fingerprint density at radius 1 is 1.24 bits per heavy atom. The highest BCUT2D eigenvalue weighted by atomic mass is 35.5. The average Bonchev–Trinajstić information content (AvgIpc) is 3.28. The largest absolute Gasteiger partial charge is 0.367 e. The van der Waals surface area contributed by atoms with Gasteiger partial charge in [-0.25, -0.2) is 13.8 Å². The molecule has 9 heteroatoms. The van der Waals surface area contributed by atoms with Crippen molar-refractivity contribution in [3.63, 3.8) is 0 Å². The third-order valence-corrected chi connectivity index (χ3v) is 6.71. The number of rotatable bonds is 5. The van der Waals surface area contributed by atoms with Crippen LogP contribution in [-0.2, 0) is 5.41 Å². The van der Waals surface area contributed by atoms with E-state index in [0.29, 0.717) is 36.9 Å². The van der Waals surface area contributed by atoms with Gasteiger partial charge in [0, 0.05) is 36.6 Å². The van der Waals surface area contributed by atoms with Crippen molar-refractivity contribution in [3.05, 3.63) is 75.3 Å². The van der Waals surface area contributed by atoms with Crippen molar-refractivity contribution in [3.8, 4) is 12.3 Å². The highest BCUT2D eigenvalue weighted by Crippen LogP contribution is 2.34. The van der Waals surface area contributed by atoms with E-state index in [2.05, 4.69) is 21.5 Å². The Labute approximate surface area is 199 Å². The molecule has 2 N–H and O–H groups in total. The van der Waals surface area contributed by atoms with Crippen molar-refractivity contribution in [2.75, 3.05) is 36.4 Å². The maximum Gasteiger partial charge on any atom is 0.263 e. The molecule has 3 aromatic rings. The summed E-state index contributed by atoms with van der Waals surface area (Å²) in [5, 5.41) is 8.18. The number of hydrogen-bond acceptors (Lipinski definition) is 5. The van der Waals surface area contributed by atoms with Crippen LogP contribution in [0.15, 0.2) is 41.8 Å². The first-order chi connectivity index (χ1) is 15.8. The molecule has 4 rings (SSSR count). The van der Waals surface area contributed by atoms with Crippen LogP contribution in [-0.4, -0.2) is 37.1 Å². The highest BCUT2D eigenvalue weighted by Gasteiger charge is 2.30. The Morgan fingerprint density at radius 2 is 1.94 bits per heavy atom. The molecule has 2 aromatic carbocycles. The van der Waals surface area contributed by atoms with Crippen LogP contribution in [0.4, 0.5) is 19.6 Å². The number of aromatic nitrogens is 1. The number of nitrogens with zero attached hydrogens (tertiary/aromatic N) is 2. The molecule has 1 amide bonds. The smallest absolute Gasteiger partial charge is 0.263 e. The van der Waals surface area contributed by atoms with Crippen LogP contribution in [0.25, 0.3) is 0 Å². The minimum absolute atomic E-state index is 0.191. The van der Waals surface area contributed by atoms with Gasteiger partial charge in [0.25, 0.3) is 5.91 Å². The van der Waals surface area contributed by atoms with Crippen molar-refractivity contribution in [1.82, 2.24) is 10.3 Å². The lowest BCUT2D eigenvalue weighted by Crippen LogP contribution is -2.44. The molecule has 1 aromatic heterocycles. The topological polar surface area (TPSA) is 57.3 Å². The Kier molecular flexibility index (Phi) is 6.66. The van der Waals surface area contributed by atoms with Crippen LogP contribution < -0.4 is 15.5 Å². The van der Waals surface area contributed by atoms with E-state index in [-0.39, 0.29) is 10.8 Å². The number of hydrogen-bond donors (Lipinski definition) is 2. The fourth-order valence-corrected chi connectivity index (χ4v) is 4.65. The monoisotopic (exact) mass is 486 g/mol. The number of thiazole rings is 1. The molecule has 33 heavy (non-hydrogen) atoms. The van der Waals surface area contributed by atoms with Crippen molar-refractivity contribution < 1.29 is 13.6 Å². The average molecular weight is 487 g/mol. The number of terminal acetylenes is 1. The molecule has 1 aliphatic heterocycles. The van der Waals surface area contributed by atoms with Gasteiger partial charge in [-0.05, 0) is 36.8 Å². The van der Waals surface area contributed by atoms with Gasteiger partial charge in [-0.2, -0.15) is 0 Å². The Hall–Kier alpha value is -2.99. The zero-order valence-corrected chi connectivity index (χ0v) is 19.4. The molecule has 0 radical (unpaired) electrons. The second-order valence-electron chi connectivity index (χ2n) is 7.76. The number of carbonyl (C=O) groups is 1. The van der Waals surface area contributed by atoms with Gasteiger partial charge >= 0.3 is 0 Å². The fourth-order valence-electron chi connectivity index (χ4n) is 3.71. The summed E-state index contributed by atoms with van der Waals surface area (Å²) in [5.74, 6) is 0.0198. The van der Waals surface area contributed by atoms with Gasteiger partial charge in [-0.15, -0.1) is 17.8 Å². The number of amides is 1. The van der Waals surface area contributed by atoms with Gasteiger partial charge in [0.2, 0.25) is 0 Å². The molecule has 170 valence electrons. The van der Waals surface area contributed by atoms with E-state index in [9.17, 15) is 9.18 Å². The van der Waals surface area contributed by atoms with Crippen LogP contribution in [0, 0.1) is 24.0 Å². The molecule has 5 nitrogen and oxygen atoms in total. The first-order valence-electron chi connectivity index (χ1n) is 10.3. The standard InChI is InChI=1S/C24H21ClF2N4OS/c1-3-24(2,15-4-6-16(25)7-5-15)19-14-33-23(29-19)30-22(32)20-17(26)8-9-18(21(20)27)31-12-10-28-11-13-31/h1,4-9,14,28H,10-13H2,2H3,(H,29,30,32)/t24-/m1/s1. The second-order valence-corrected chi connectivity index (χ2v) is 9.06. The van der Waals surface area contributed by atoms with Gasteiger partial charge in [0.1, 0.15) is 11.4 Å². The SMILES string of the molecule is C#C[C@](C)(c1ccc(Cl)cc1)c1csc(NC(=O)c2c(F)ccc(N3CCNCC3)c2F)n1. The Bertz CT molecular complexity index is 1220. The molecule has 2 heterocycles. The molecular formula is C24H21ClF2N4OS. The summed E-state index contributed by atoms with van der Waals surface area (Å²) in [4.78, 5) is 19.0. The Balaban J connectivity index is 1.59. The predicted octanol–water partition coefficient (Wildman–Crippen LogP) is 4.68. The first-order valence-corrected chi connectivity index (χ1v) is 11.5. The number of nitrogens with one attached hydrogen (secondary N) is 2. The first kappa shape index (κ1) is 23.2. The fraction of sp³-hybridized carbons (Fsp3) is 0.250. The molecule has 0 saturated carbocycles. The second kappa shape index (κ2) is 9.48. The maximum atomic E-state index is 15.2. The zero-order valence-electron chi connectivity index (χ0n) is 17.8. The van der Waals surface area contributed by atoms with Crippen LogP contribution >= 0.6 is 22.9 Å². The van der Waals surface area contributed by atoms with Crippen LogP contribution in [0.5, 0.6) is 0 Å². The van der Waals surface area contributed by atoms with Crippen molar-refractivity contribution >= 4 is 39.7 Å². The summed E-state index contributed by atoms with van der Waals surface area (Å²) < 4.78 is 29.6. The van der Waals surface area contributed by atoms with Crippen molar-refractivity contribution in [1.29, 1.82) is 0 Å². The third kappa shape index (κ3) is 4.58. The zero-order chi connectivity index (χ0) is 23.6. The number of anilines is 2. The summed E-state index contributed by atoms with van der Waals surface area (Å²) in [5.41, 5.74) is 0.0234. The van der Waals surface area contributed by atoms with Gasteiger partial charge in [0.15, 0.2) is 10.9 Å². The number of benzene rings is 2. The molecule has 1 aliphatic rings. The summed E-state index contributed by atoms with van der Waals surface area (Å²) in [7, 11) is 0. The summed E-state index contributed by atoms with van der Waals surface area (Å²) >= 11 is 7.10.